The number of hydrogen-bond donors (Lipinski definition) is 0. The fourth-order valence-electron chi connectivity index (χ4n) is 3.53. The first kappa shape index (κ1) is 19.1. The van der Waals surface area contributed by atoms with Crippen molar-refractivity contribution in [2.45, 2.75) is 6.54 Å². The Balaban J connectivity index is 1.46. The van der Waals surface area contributed by atoms with Crippen molar-refractivity contribution in [2.24, 2.45) is 0 Å². The van der Waals surface area contributed by atoms with Crippen molar-refractivity contribution in [3.05, 3.63) is 75.9 Å². The SMILES string of the molecule is COc1ccc2c(=O)cc(C(=O)N3CCN(Cc4cccc(F)c4)CC3)oc2c1. The van der Waals surface area contributed by atoms with Gasteiger partial charge < -0.3 is 14.1 Å². The van der Waals surface area contributed by atoms with Crippen molar-refractivity contribution in [2.75, 3.05) is 33.3 Å². The lowest BCUT2D eigenvalue weighted by molar-refractivity contribution is 0.0598. The van der Waals surface area contributed by atoms with Crippen LogP contribution in [0.15, 0.2) is 57.7 Å². The van der Waals surface area contributed by atoms with E-state index in [1.54, 1.807) is 29.2 Å². The highest BCUT2D eigenvalue weighted by Gasteiger charge is 2.24. The van der Waals surface area contributed by atoms with Gasteiger partial charge in [-0.2, -0.15) is 0 Å². The Labute approximate surface area is 167 Å². The summed E-state index contributed by atoms with van der Waals surface area (Å²) in [6.45, 7) is 2.97. The topological polar surface area (TPSA) is 63.0 Å². The third-order valence-corrected chi connectivity index (χ3v) is 5.10. The third kappa shape index (κ3) is 4.14. The lowest BCUT2D eigenvalue weighted by atomic mass is 10.2. The van der Waals surface area contributed by atoms with Gasteiger partial charge in [0.15, 0.2) is 11.2 Å². The van der Waals surface area contributed by atoms with Gasteiger partial charge in [0.1, 0.15) is 17.1 Å². The molecular weight excluding hydrogens is 375 g/mol. The molecule has 29 heavy (non-hydrogen) atoms. The molecule has 0 bridgehead atoms. The van der Waals surface area contributed by atoms with Crippen LogP contribution in [-0.4, -0.2) is 49.0 Å². The molecule has 1 amide bonds. The second-order valence-corrected chi connectivity index (χ2v) is 7.04. The molecule has 0 N–H and O–H groups in total. The molecule has 0 radical (unpaired) electrons. The van der Waals surface area contributed by atoms with Gasteiger partial charge in [-0.1, -0.05) is 12.1 Å². The van der Waals surface area contributed by atoms with Crippen molar-refractivity contribution in [1.29, 1.82) is 0 Å². The van der Waals surface area contributed by atoms with Gasteiger partial charge in [-0.3, -0.25) is 14.5 Å². The summed E-state index contributed by atoms with van der Waals surface area (Å²) in [5.41, 5.74) is 0.964. The lowest BCUT2D eigenvalue weighted by Crippen LogP contribution is -2.48. The summed E-state index contributed by atoms with van der Waals surface area (Å²) in [6.07, 6.45) is 0. The van der Waals surface area contributed by atoms with E-state index in [1.165, 1.54) is 25.3 Å². The van der Waals surface area contributed by atoms with E-state index in [1.807, 2.05) is 6.07 Å². The van der Waals surface area contributed by atoms with E-state index >= 15 is 0 Å². The minimum absolute atomic E-state index is 0.0225. The average molecular weight is 396 g/mol. The number of fused-ring (bicyclic) bond motifs is 1. The summed E-state index contributed by atoms with van der Waals surface area (Å²) in [6, 6.07) is 12.7. The highest BCUT2D eigenvalue weighted by Crippen LogP contribution is 2.20. The Morgan fingerprint density at radius 1 is 1.10 bits per heavy atom. The van der Waals surface area contributed by atoms with Crippen LogP contribution in [0.2, 0.25) is 0 Å². The first-order valence-corrected chi connectivity index (χ1v) is 9.41. The summed E-state index contributed by atoms with van der Waals surface area (Å²) in [5.74, 6) is 0.0158. The highest BCUT2D eigenvalue weighted by molar-refractivity contribution is 5.93. The van der Waals surface area contributed by atoms with E-state index in [-0.39, 0.29) is 22.9 Å². The van der Waals surface area contributed by atoms with Crippen LogP contribution in [-0.2, 0) is 6.54 Å². The molecule has 3 aromatic rings. The monoisotopic (exact) mass is 396 g/mol. The Morgan fingerprint density at radius 2 is 1.90 bits per heavy atom. The highest BCUT2D eigenvalue weighted by atomic mass is 19.1. The van der Waals surface area contributed by atoms with Crippen molar-refractivity contribution < 1.29 is 18.3 Å². The molecule has 1 aromatic heterocycles. The standard InChI is InChI=1S/C22H21FN2O4/c1-28-17-5-6-18-19(26)13-21(29-20(18)12-17)22(27)25-9-7-24(8-10-25)14-15-3-2-4-16(23)11-15/h2-6,11-13H,7-10,14H2,1H3. The van der Waals surface area contributed by atoms with Crippen LogP contribution in [0.5, 0.6) is 5.75 Å². The maximum atomic E-state index is 13.4. The molecule has 0 unspecified atom stereocenters. The van der Waals surface area contributed by atoms with Crippen LogP contribution in [0, 0.1) is 5.82 Å². The van der Waals surface area contributed by atoms with Gasteiger partial charge in [0.25, 0.3) is 5.91 Å². The van der Waals surface area contributed by atoms with Gasteiger partial charge >= 0.3 is 0 Å². The van der Waals surface area contributed by atoms with Gasteiger partial charge in [-0.05, 0) is 29.8 Å². The number of amides is 1. The third-order valence-electron chi connectivity index (χ3n) is 5.10. The van der Waals surface area contributed by atoms with Crippen LogP contribution in [0.25, 0.3) is 11.0 Å². The zero-order chi connectivity index (χ0) is 20.4. The molecule has 6 nitrogen and oxygen atoms in total. The normalized spacial score (nSPS) is 14.9. The van der Waals surface area contributed by atoms with Crippen molar-refractivity contribution in [3.63, 3.8) is 0 Å². The summed E-state index contributed by atoms with van der Waals surface area (Å²) in [5, 5.41) is 0.405. The lowest BCUT2D eigenvalue weighted by Gasteiger charge is -2.34. The van der Waals surface area contributed by atoms with Crippen LogP contribution >= 0.6 is 0 Å². The number of piperazine rings is 1. The molecule has 2 aromatic carbocycles. The van der Waals surface area contributed by atoms with Gasteiger partial charge in [0, 0.05) is 44.9 Å². The Bertz CT molecular complexity index is 1100. The second kappa shape index (κ2) is 8.05. The fourth-order valence-corrected chi connectivity index (χ4v) is 3.53. The summed E-state index contributed by atoms with van der Waals surface area (Å²) < 4.78 is 24.2. The van der Waals surface area contributed by atoms with Crippen LogP contribution in [0.1, 0.15) is 16.1 Å². The number of carbonyl (C=O) groups is 1. The predicted octanol–water partition coefficient (Wildman–Crippen LogP) is 2.90. The minimum Gasteiger partial charge on any atom is -0.497 e. The summed E-state index contributed by atoms with van der Waals surface area (Å²) in [7, 11) is 1.53. The zero-order valence-electron chi connectivity index (χ0n) is 16.1. The molecule has 0 saturated carbocycles. The molecule has 0 atom stereocenters. The first-order valence-electron chi connectivity index (χ1n) is 9.41. The van der Waals surface area contributed by atoms with E-state index in [0.717, 1.165) is 5.56 Å². The molecular formula is C22H21FN2O4. The van der Waals surface area contributed by atoms with E-state index in [2.05, 4.69) is 4.90 Å². The van der Waals surface area contributed by atoms with Gasteiger partial charge in [-0.25, -0.2) is 4.39 Å². The fraction of sp³-hybridized carbons (Fsp3) is 0.273. The number of rotatable bonds is 4. The maximum absolute atomic E-state index is 13.4. The quantitative estimate of drug-likeness (QED) is 0.679. The van der Waals surface area contributed by atoms with Crippen molar-refractivity contribution >= 4 is 16.9 Å². The van der Waals surface area contributed by atoms with Crippen LogP contribution in [0.4, 0.5) is 4.39 Å². The Morgan fingerprint density at radius 3 is 2.62 bits per heavy atom. The largest absolute Gasteiger partial charge is 0.497 e. The van der Waals surface area contributed by atoms with Crippen molar-refractivity contribution in [1.82, 2.24) is 9.80 Å². The van der Waals surface area contributed by atoms with E-state index in [0.29, 0.717) is 49.4 Å². The molecule has 4 rings (SSSR count). The van der Waals surface area contributed by atoms with Crippen LogP contribution in [0.3, 0.4) is 0 Å². The number of methoxy groups -OCH3 is 1. The molecule has 1 fully saturated rings. The van der Waals surface area contributed by atoms with E-state index in [9.17, 15) is 14.0 Å². The molecule has 2 heterocycles. The molecule has 1 aliphatic rings. The molecule has 0 aliphatic carbocycles. The number of ether oxygens (including phenoxy) is 1. The summed E-state index contributed by atoms with van der Waals surface area (Å²) >= 11 is 0. The van der Waals surface area contributed by atoms with Crippen molar-refractivity contribution in [3.8, 4) is 5.75 Å². The number of nitrogens with zero attached hydrogens (tertiary/aromatic N) is 2. The smallest absolute Gasteiger partial charge is 0.289 e. The number of hydrogen-bond acceptors (Lipinski definition) is 5. The second-order valence-electron chi connectivity index (χ2n) is 7.04. The average Bonchev–Trinajstić information content (AvgIpc) is 2.73. The molecule has 1 aliphatic heterocycles. The number of halogens is 1. The predicted molar refractivity (Wildman–Crippen MR) is 107 cm³/mol. The number of benzene rings is 2. The zero-order valence-corrected chi connectivity index (χ0v) is 16.1. The Kier molecular flexibility index (Phi) is 5.31. The van der Waals surface area contributed by atoms with E-state index in [4.69, 9.17) is 9.15 Å². The van der Waals surface area contributed by atoms with Gasteiger partial charge in [0.2, 0.25) is 0 Å². The molecule has 150 valence electrons. The van der Waals surface area contributed by atoms with Crippen LogP contribution < -0.4 is 10.2 Å². The molecule has 0 spiro atoms. The van der Waals surface area contributed by atoms with E-state index < -0.39 is 0 Å². The number of carbonyl (C=O) groups excluding carboxylic acids is 1. The molecule has 1 saturated heterocycles. The first-order chi connectivity index (χ1) is 14.0. The summed E-state index contributed by atoms with van der Waals surface area (Å²) in [4.78, 5) is 29.1. The molecule has 7 heteroatoms. The van der Waals surface area contributed by atoms with Gasteiger partial charge in [-0.15, -0.1) is 0 Å². The minimum atomic E-state index is -0.308. The maximum Gasteiger partial charge on any atom is 0.289 e. The van der Waals surface area contributed by atoms with Gasteiger partial charge in [0.05, 0.1) is 12.5 Å². The Hall–Kier alpha value is -3.19.